The van der Waals surface area contributed by atoms with E-state index in [-0.39, 0.29) is 36.0 Å². The van der Waals surface area contributed by atoms with Crippen LogP contribution in [0.4, 0.5) is 9.18 Å². The Morgan fingerprint density at radius 3 is 2.55 bits per heavy atom. The van der Waals surface area contributed by atoms with Crippen molar-refractivity contribution in [2.24, 2.45) is 0 Å². The number of likely N-dealkylation sites (tertiary alicyclic amines) is 1. The molecule has 1 aliphatic carbocycles. The van der Waals surface area contributed by atoms with Gasteiger partial charge in [-0.3, -0.25) is 4.79 Å². The molecule has 0 bridgehead atoms. The number of hydrogen-bond acceptors (Lipinski definition) is 4. The summed E-state index contributed by atoms with van der Waals surface area (Å²) in [4.78, 5) is 29.1. The molecule has 1 atom stereocenters. The third-order valence-electron chi connectivity index (χ3n) is 6.57. The fraction of sp³-hybridized carbons (Fsp3) is 0.652. The van der Waals surface area contributed by atoms with Crippen LogP contribution in [0.25, 0.3) is 0 Å². The van der Waals surface area contributed by atoms with Crippen molar-refractivity contribution in [2.45, 2.75) is 63.1 Å². The molecule has 1 unspecified atom stereocenters. The van der Waals surface area contributed by atoms with Gasteiger partial charge >= 0.3 is 6.03 Å². The van der Waals surface area contributed by atoms with Crippen LogP contribution in [0.2, 0.25) is 0 Å². The second kappa shape index (κ2) is 9.42. The van der Waals surface area contributed by atoms with E-state index in [9.17, 15) is 14.0 Å². The molecule has 2 heterocycles. The van der Waals surface area contributed by atoms with E-state index in [0.29, 0.717) is 38.0 Å². The quantitative estimate of drug-likeness (QED) is 0.749. The normalized spacial score (nSPS) is 22.8. The van der Waals surface area contributed by atoms with E-state index in [2.05, 4.69) is 10.2 Å². The van der Waals surface area contributed by atoms with Crippen molar-refractivity contribution in [1.29, 1.82) is 0 Å². The van der Waals surface area contributed by atoms with Gasteiger partial charge in [-0.25, -0.2) is 9.18 Å². The van der Waals surface area contributed by atoms with Crippen LogP contribution in [-0.4, -0.2) is 72.3 Å². The highest BCUT2D eigenvalue weighted by molar-refractivity contribution is 5.78. The fourth-order valence-electron chi connectivity index (χ4n) is 4.74. The number of benzene rings is 1. The van der Waals surface area contributed by atoms with Crippen molar-refractivity contribution in [1.82, 2.24) is 15.1 Å². The molecule has 0 aromatic heterocycles. The maximum Gasteiger partial charge on any atom is 0.317 e. The summed E-state index contributed by atoms with van der Waals surface area (Å²) in [6.45, 7) is 4.39. The molecule has 2 aliphatic heterocycles. The van der Waals surface area contributed by atoms with Crippen molar-refractivity contribution >= 4 is 11.9 Å². The first-order valence-corrected chi connectivity index (χ1v) is 11.4. The van der Waals surface area contributed by atoms with Gasteiger partial charge in [0.1, 0.15) is 11.6 Å². The summed E-state index contributed by atoms with van der Waals surface area (Å²) in [5.74, 6) is 0.0684. The van der Waals surface area contributed by atoms with Crippen LogP contribution < -0.4 is 10.1 Å². The number of piperidine rings is 1. The van der Waals surface area contributed by atoms with E-state index in [1.165, 1.54) is 24.3 Å². The molecule has 3 aliphatic rings. The van der Waals surface area contributed by atoms with Crippen LogP contribution in [0.5, 0.6) is 5.75 Å². The number of rotatable bonds is 6. The molecule has 1 aromatic rings. The Morgan fingerprint density at radius 1 is 1.19 bits per heavy atom. The molecule has 8 heteroatoms. The summed E-state index contributed by atoms with van der Waals surface area (Å²) in [6, 6.07) is 6.25. The number of halogens is 1. The average molecular weight is 434 g/mol. The van der Waals surface area contributed by atoms with Crippen molar-refractivity contribution < 1.29 is 23.5 Å². The first kappa shape index (κ1) is 21.9. The minimum atomic E-state index is -0.335. The molecule has 1 N–H and O–H groups in total. The minimum Gasteiger partial charge on any atom is -0.484 e. The predicted molar refractivity (Wildman–Crippen MR) is 113 cm³/mol. The van der Waals surface area contributed by atoms with Crippen molar-refractivity contribution in [3.05, 3.63) is 30.1 Å². The molecular formula is C23H32FN3O4. The SMILES string of the molecule is CCNC(=O)N(C1CC1)C1CCOC2(CCN(C(=O)COc3ccc(F)cc3)CC2)C1. The molecule has 4 rings (SSSR count). The Hall–Kier alpha value is -2.35. The van der Waals surface area contributed by atoms with E-state index in [0.717, 1.165) is 38.5 Å². The van der Waals surface area contributed by atoms with Crippen molar-refractivity contribution in [3.8, 4) is 5.75 Å². The molecule has 2 saturated heterocycles. The number of ether oxygens (including phenoxy) is 2. The largest absolute Gasteiger partial charge is 0.484 e. The van der Waals surface area contributed by atoms with Gasteiger partial charge in [-0.1, -0.05) is 0 Å². The molecule has 7 nitrogen and oxygen atoms in total. The standard InChI is InChI=1S/C23H32FN3O4/c1-2-25-22(29)27(18-5-6-18)19-9-14-31-23(15-19)10-12-26(13-11-23)21(28)16-30-20-7-3-17(24)4-8-20/h3-4,7-8,18-19H,2,5-6,9-16H2,1H3,(H,25,29). The molecule has 170 valence electrons. The maximum absolute atomic E-state index is 13.0. The summed E-state index contributed by atoms with van der Waals surface area (Å²) in [5, 5.41) is 2.97. The lowest BCUT2D eigenvalue weighted by Gasteiger charge is -2.48. The highest BCUT2D eigenvalue weighted by Gasteiger charge is 2.46. The van der Waals surface area contributed by atoms with Crippen molar-refractivity contribution in [3.63, 3.8) is 0 Å². The zero-order chi connectivity index (χ0) is 21.8. The zero-order valence-corrected chi connectivity index (χ0v) is 18.1. The van der Waals surface area contributed by atoms with Gasteiger partial charge in [0.05, 0.1) is 5.60 Å². The molecule has 1 saturated carbocycles. The lowest BCUT2D eigenvalue weighted by molar-refractivity contribution is -0.149. The number of hydrogen-bond donors (Lipinski definition) is 1. The van der Waals surface area contributed by atoms with Crippen LogP contribution in [0.15, 0.2) is 24.3 Å². The second-order valence-corrected chi connectivity index (χ2v) is 8.78. The Balaban J connectivity index is 1.30. The molecule has 0 radical (unpaired) electrons. The number of nitrogens with zero attached hydrogens (tertiary/aromatic N) is 2. The van der Waals surface area contributed by atoms with Crippen LogP contribution in [0.1, 0.15) is 45.4 Å². The Bertz CT molecular complexity index is 776. The van der Waals surface area contributed by atoms with Gasteiger partial charge in [0.15, 0.2) is 6.61 Å². The second-order valence-electron chi connectivity index (χ2n) is 8.78. The summed E-state index contributed by atoms with van der Waals surface area (Å²) in [7, 11) is 0. The third-order valence-corrected chi connectivity index (χ3v) is 6.57. The molecule has 1 aromatic carbocycles. The monoisotopic (exact) mass is 433 g/mol. The van der Waals surface area contributed by atoms with E-state index < -0.39 is 0 Å². The predicted octanol–water partition coefficient (Wildman–Crippen LogP) is 2.94. The number of amides is 3. The van der Waals surface area contributed by atoms with E-state index >= 15 is 0 Å². The first-order chi connectivity index (χ1) is 15.0. The highest BCUT2D eigenvalue weighted by Crippen LogP contribution is 2.40. The fourth-order valence-corrected chi connectivity index (χ4v) is 4.74. The molecular weight excluding hydrogens is 401 g/mol. The van der Waals surface area contributed by atoms with Gasteiger partial charge in [-0.05, 0) is 69.7 Å². The smallest absolute Gasteiger partial charge is 0.317 e. The maximum atomic E-state index is 13.0. The average Bonchev–Trinajstić information content (AvgIpc) is 3.59. The Morgan fingerprint density at radius 2 is 1.90 bits per heavy atom. The first-order valence-electron chi connectivity index (χ1n) is 11.4. The molecule has 1 spiro atoms. The molecule has 3 amide bonds. The van der Waals surface area contributed by atoms with E-state index in [1.807, 2.05) is 11.8 Å². The summed E-state index contributed by atoms with van der Waals surface area (Å²) < 4.78 is 24.7. The van der Waals surface area contributed by atoms with Crippen LogP contribution >= 0.6 is 0 Å². The van der Waals surface area contributed by atoms with Gasteiger partial charge < -0.3 is 24.6 Å². The van der Waals surface area contributed by atoms with Crippen LogP contribution in [0.3, 0.4) is 0 Å². The lowest BCUT2D eigenvalue weighted by Crippen LogP contribution is -2.57. The van der Waals surface area contributed by atoms with Gasteiger partial charge in [-0.2, -0.15) is 0 Å². The van der Waals surface area contributed by atoms with Crippen LogP contribution in [-0.2, 0) is 9.53 Å². The van der Waals surface area contributed by atoms with Crippen LogP contribution in [0, 0.1) is 5.82 Å². The van der Waals surface area contributed by atoms with Gasteiger partial charge in [0, 0.05) is 38.3 Å². The summed E-state index contributed by atoms with van der Waals surface area (Å²) in [6.07, 6.45) is 5.38. The number of nitrogens with one attached hydrogen (secondary N) is 1. The van der Waals surface area contributed by atoms with Gasteiger partial charge in [0.25, 0.3) is 5.91 Å². The molecule has 3 fully saturated rings. The molecule has 31 heavy (non-hydrogen) atoms. The number of carbonyl (C=O) groups is 2. The Labute approximate surface area is 182 Å². The van der Waals surface area contributed by atoms with Gasteiger partial charge in [0.2, 0.25) is 0 Å². The summed E-state index contributed by atoms with van der Waals surface area (Å²) >= 11 is 0. The Kier molecular flexibility index (Phi) is 6.65. The van der Waals surface area contributed by atoms with Crippen molar-refractivity contribution in [2.75, 3.05) is 32.8 Å². The lowest BCUT2D eigenvalue weighted by atomic mass is 9.81. The number of carbonyl (C=O) groups excluding carboxylic acids is 2. The van der Waals surface area contributed by atoms with Gasteiger partial charge in [-0.15, -0.1) is 0 Å². The minimum absolute atomic E-state index is 0.0394. The zero-order valence-electron chi connectivity index (χ0n) is 18.1. The summed E-state index contributed by atoms with van der Waals surface area (Å²) in [5.41, 5.74) is -0.267. The third kappa shape index (κ3) is 5.29. The highest BCUT2D eigenvalue weighted by atomic mass is 19.1. The number of urea groups is 1. The topological polar surface area (TPSA) is 71.1 Å². The van der Waals surface area contributed by atoms with E-state index in [4.69, 9.17) is 9.47 Å². The van der Waals surface area contributed by atoms with E-state index in [1.54, 1.807) is 0 Å².